The summed E-state index contributed by atoms with van der Waals surface area (Å²) in [5, 5.41) is 3.47. The number of rotatable bonds is 6. The lowest BCUT2D eigenvalue weighted by molar-refractivity contribution is 0.0893. The summed E-state index contributed by atoms with van der Waals surface area (Å²) in [6.45, 7) is 8.63. The Morgan fingerprint density at radius 2 is 2.25 bits per heavy atom. The molecule has 0 aromatic heterocycles. The average Bonchev–Trinajstić information content (AvgIpc) is 2.49. The van der Waals surface area contributed by atoms with Crippen molar-refractivity contribution in [2.45, 2.75) is 45.8 Å². The maximum atomic E-state index is 5.51. The third kappa shape index (κ3) is 3.97. The van der Waals surface area contributed by atoms with Gasteiger partial charge in [0.05, 0.1) is 6.10 Å². The van der Waals surface area contributed by atoms with Crippen LogP contribution in [0.1, 0.15) is 37.3 Å². The molecule has 0 bridgehead atoms. The fourth-order valence-corrected chi connectivity index (χ4v) is 2.84. The third-order valence-electron chi connectivity index (χ3n) is 4.15. The molecule has 1 aromatic carbocycles. The molecule has 1 unspecified atom stereocenters. The van der Waals surface area contributed by atoms with Crippen LogP contribution in [-0.4, -0.2) is 32.8 Å². The van der Waals surface area contributed by atoms with Gasteiger partial charge in [-0.25, -0.2) is 0 Å². The van der Waals surface area contributed by atoms with Gasteiger partial charge in [-0.1, -0.05) is 13.0 Å². The van der Waals surface area contributed by atoms with Crippen molar-refractivity contribution in [3.05, 3.63) is 29.3 Å². The van der Waals surface area contributed by atoms with Gasteiger partial charge in [0, 0.05) is 32.4 Å². The summed E-state index contributed by atoms with van der Waals surface area (Å²) in [6, 6.07) is 6.85. The first kappa shape index (κ1) is 15.3. The molecule has 1 aliphatic rings. The summed E-state index contributed by atoms with van der Waals surface area (Å²) in [6.07, 6.45) is 3.97. The van der Waals surface area contributed by atoms with Crippen molar-refractivity contribution in [3.63, 3.8) is 0 Å². The van der Waals surface area contributed by atoms with Gasteiger partial charge in [0.15, 0.2) is 0 Å². The van der Waals surface area contributed by atoms with E-state index >= 15 is 0 Å². The molecule has 3 nitrogen and oxygen atoms in total. The molecular formula is C17H28N2O. The molecule has 1 heterocycles. The minimum atomic E-state index is 0.384. The molecule has 0 saturated carbocycles. The molecule has 2 rings (SSSR count). The second-order valence-electron chi connectivity index (χ2n) is 5.73. The number of methoxy groups -OCH3 is 1. The van der Waals surface area contributed by atoms with E-state index in [1.54, 1.807) is 0 Å². The zero-order chi connectivity index (χ0) is 14.4. The van der Waals surface area contributed by atoms with E-state index in [9.17, 15) is 0 Å². The summed E-state index contributed by atoms with van der Waals surface area (Å²) in [5.74, 6) is 0. The second kappa shape index (κ2) is 7.65. The van der Waals surface area contributed by atoms with E-state index in [2.05, 4.69) is 42.3 Å². The Balaban J connectivity index is 2.00. The van der Waals surface area contributed by atoms with Crippen molar-refractivity contribution in [2.75, 3.05) is 31.6 Å². The smallest absolute Gasteiger partial charge is 0.0746 e. The fourth-order valence-electron chi connectivity index (χ4n) is 2.84. The van der Waals surface area contributed by atoms with Crippen LogP contribution >= 0.6 is 0 Å². The normalized spacial score (nSPS) is 19.4. The molecule has 3 heteroatoms. The summed E-state index contributed by atoms with van der Waals surface area (Å²) >= 11 is 0. The van der Waals surface area contributed by atoms with Gasteiger partial charge in [-0.3, -0.25) is 0 Å². The van der Waals surface area contributed by atoms with E-state index in [0.717, 1.165) is 26.2 Å². The van der Waals surface area contributed by atoms with Crippen LogP contribution in [0.5, 0.6) is 0 Å². The Kier molecular flexibility index (Phi) is 5.86. The maximum Gasteiger partial charge on any atom is 0.0746 e. The Hall–Kier alpha value is -1.06. The zero-order valence-electron chi connectivity index (χ0n) is 13.1. The van der Waals surface area contributed by atoms with Crippen LogP contribution in [0.15, 0.2) is 18.2 Å². The van der Waals surface area contributed by atoms with E-state index in [0.29, 0.717) is 6.10 Å². The number of nitrogens with zero attached hydrogens (tertiary/aromatic N) is 1. The van der Waals surface area contributed by atoms with Crippen LogP contribution in [0.2, 0.25) is 0 Å². The Labute approximate surface area is 123 Å². The molecule has 0 aliphatic carbocycles. The van der Waals surface area contributed by atoms with Crippen molar-refractivity contribution < 1.29 is 4.74 Å². The molecule has 0 spiro atoms. The van der Waals surface area contributed by atoms with Crippen LogP contribution in [0, 0.1) is 6.92 Å². The number of ether oxygens (including phenoxy) is 1. The SMILES string of the molecule is CCCNCc1ccc(N2CCCC(OC)C2)cc1C. The second-order valence-corrected chi connectivity index (χ2v) is 5.73. The highest BCUT2D eigenvalue weighted by Gasteiger charge is 2.19. The molecule has 1 aliphatic heterocycles. The van der Waals surface area contributed by atoms with Gasteiger partial charge < -0.3 is 15.0 Å². The van der Waals surface area contributed by atoms with Crippen molar-refractivity contribution in [1.82, 2.24) is 5.32 Å². The van der Waals surface area contributed by atoms with Crippen molar-refractivity contribution in [3.8, 4) is 0 Å². The summed E-state index contributed by atoms with van der Waals surface area (Å²) in [7, 11) is 1.82. The number of hydrogen-bond donors (Lipinski definition) is 1. The largest absolute Gasteiger partial charge is 0.380 e. The quantitative estimate of drug-likeness (QED) is 0.808. The molecular weight excluding hydrogens is 248 g/mol. The van der Waals surface area contributed by atoms with E-state index < -0.39 is 0 Å². The lowest BCUT2D eigenvalue weighted by atomic mass is 10.0. The number of piperidine rings is 1. The van der Waals surface area contributed by atoms with Gasteiger partial charge in [0.1, 0.15) is 0 Å². The Morgan fingerprint density at radius 3 is 2.95 bits per heavy atom. The van der Waals surface area contributed by atoms with Gasteiger partial charge in [0.2, 0.25) is 0 Å². The zero-order valence-corrected chi connectivity index (χ0v) is 13.1. The minimum absolute atomic E-state index is 0.384. The van der Waals surface area contributed by atoms with Gasteiger partial charge in [0.25, 0.3) is 0 Å². The number of anilines is 1. The van der Waals surface area contributed by atoms with E-state index in [4.69, 9.17) is 4.74 Å². The van der Waals surface area contributed by atoms with Gasteiger partial charge in [-0.05, 0) is 56.0 Å². The summed E-state index contributed by atoms with van der Waals surface area (Å²) in [4.78, 5) is 2.45. The predicted molar refractivity (Wildman–Crippen MR) is 85.4 cm³/mol. The Morgan fingerprint density at radius 1 is 1.40 bits per heavy atom. The van der Waals surface area contributed by atoms with E-state index in [1.807, 2.05) is 7.11 Å². The van der Waals surface area contributed by atoms with Gasteiger partial charge in [-0.15, -0.1) is 0 Å². The van der Waals surface area contributed by atoms with Crippen molar-refractivity contribution in [2.24, 2.45) is 0 Å². The highest BCUT2D eigenvalue weighted by Crippen LogP contribution is 2.23. The molecule has 1 aromatic rings. The average molecular weight is 276 g/mol. The monoisotopic (exact) mass is 276 g/mol. The van der Waals surface area contributed by atoms with E-state index in [-0.39, 0.29) is 0 Å². The third-order valence-corrected chi connectivity index (χ3v) is 4.15. The molecule has 1 atom stereocenters. The molecule has 1 N–H and O–H groups in total. The lowest BCUT2D eigenvalue weighted by Crippen LogP contribution is -2.39. The van der Waals surface area contributed by atoms with E-state index in [1.165, 1.54) is 36.1 Å². The standard InChI is InChI=1S/C17H28N2O/c1-4-9-18-12-15-7-8-16(11-14(15)2)19-10-5-6-17(13-19)20-3/h7-8,11,17-18H,4-6,9-10,12-13H2,1-3H3. The van der Waals surface area contributed by atoms with Crippen LogP contribution in [0.4, 0.5) is 5.69 Å². The maximum absolute atomic E-state index is 5.51. The minimum Gasteiger partial charge on any atom is -0.380 e. The number of hydrogen-bond acceptors (Lipinski definition) is 3. The molecule has 0 amide bonds. The summed E-state index contributed by atoms with van der Waals surface area (Å²) in [5.41, 5.74) is 4.12. The van der Waals surface area contributed by atoms with Crippen LogP contribution < -0.4 is 10.2 Å². The van der Waals surface area contributed by atoms with Gasteiger partial charge >= 0.3 is 0 Å². The highest BCUT2D eigenvalue weighted by atomic mass is 16.5. The first-order valence-corrected chi connectivity index (χ1v) is 7.82. The lowest BCUT2D eigenvalue weighted by Gasteiger charge is -2.34. The van der Waals surface area contributed by atoms with Crippen molar-refractivity contribution in [1.29, 1.82) is 0 Å². The highest BCUT2D eigenvalue weighted by molar-refractivity contribution is 5.51. The predicted octanol–water partition coefficient (Wildman–Crippen LogP) is 3.11. The van der Waals surface area contributed by atoms with Crippen LogP contribution in [-0.2, 0) is 11.3 Å². The fraction of sp³-hybridized carbons (Fsp3) is 0.647. The molecule has 1 fully saturated rings. The first-order valence-electron chi connectivity index (χ1n) is 7.82. The molecule has 20 heavy (non-hydrogen) atoms. The molecule has 0 radical (unpaired) electrons. The number of aryl methyl sites for hydroxylation is 1. The summed E-state index contributed by atoms with van der Waals surface area (Å²) < 4.78 is 5.51. The molecule has 1 saturated heterocycles. The molecule has 112 valence electrons. The number of benzene rings is 1. The van der Waals surface area contributed by atoms with Crippen molar-refractivity contribution >= 4 is 5.69 Å². The topological polar surface area (TPSA) is 24.5 Å². The number of nitrogens with one attached hydrogen (secondary N) is 1. The van der Waals surface area contributed by atoms with Crippen LogP contribution in [0.25, 0.3) is 0 Å². The van der Waals surface area contributed by atoms with Crippen LogP contribution in [0.3, 0.4) is 0 Å². The Bertz CT molecular complexity index is 419. The van der Waals surface area contributed by atoms with Gasteiger partial charge in [-0.2, -0.15) is 0 Å². The first-order chi connectivity index (χ1) is 9.74.